The molecule has 3 N–H and O–H groups in total. The minimum absolute atomic E-state index is 0.00667. The summed E-state index contributed by atoms with van der Waals surface area (Å²) in [5, 5.41) is 18.6. The zero-order valence-corrected chi connectivity index (χ0v) is 13.3. The number of aromatic nitrogens is 2. The highest BCUT2D eigenvalue weighted by Crippen LogP contribution is 2.24. The van der Waals surface area contributed by atoms with Crippen LogP contribution in [0.1, 0.15) is 6.42 Å². The van der Waals surface area contributed by atoms with E-state index in [-0.39, 0.29) is 11.9 Å². The Balaban J connectivity index is 1.67. The molecule has 3 rings (SSSR count). The maximum atomic E-state index is 12.6. The number of aliphatic hydroxyl groups is 1. The monoisotopic (exact) mass is 329 g/mol. The Kier molecular flexibility index (Phi) is 4.48. The summed E-state index contributed by atoms with van der Waals surface area (Å²) in [5.41, 5.74) is 2.08. The standard InChI is InChI=1S/C16H19N5O3/c1-20-9-13(8-17-20)21-6-5-14(16(21)24)18-11-3-2-4-12(7-11)19-15(23)10-22/h2-4,7-9,14,18,22H,5-6,10H2,1H3,(H,19,23). The number of aliphatic hydroxyl groups excluding tert-OH is 1. The molecule has 2 amide bonds. The van der Waals surface area contributed by atoms with E-state index < -0.39 is 12.5 Å². The molecular formula is C16H19N5O3. The van der Waals surface area contributed by atoms with Gasteiger partial charge in [0.15, 0.2) is 0 Å². The van der Waals surface area contributed by atoms with Crippen LogP contribution in [0.2, 0.25) is 0 Å². The number of hydrogen-bond donors (Lipinski definition) is 3. The van der Waals surface area contributed by atoms with E-state index in [1.807, 2.05) is 19.3 Å². The molecule has 1 atom stereocenters. The molecule has 24 heavy (non-hydrogen) atoms. The fourth-order valence-electron chi connectivity index (χ4n) is 2.71. The predicted octanol–water partition coefficient (Wildman–Crippen LogP) is 0.568. The first kappa shape index (κ1) is 16.0. The van der Waals surface area contributed by atoms with Crippen LogP contribution >= 0.6 is 0 Å². The third kappa shape index (κ3) is 3.38. The second-order valence-electron chi connectivity index (χ2n) is 5.63. The Labute approximate surface area is 139 Å². The van der Waals surface area contributed by atoms with Crippen molar-refractivity contribution in [3.8, 4) is 0 Å². The minimum Gasteiger partial charge on any atom is -0.387 e. The van der Waals surface area contributed by atoms with Gasteiger partial charge in [-0.2, -0.15) is 5.10 Å². The van der Waals surface area contributed by atoms with Crippen molar-refractivity contribution in [3.63, 3.8) is 0 Å². The third-order valence-corrected chi connectivity index (χ3v) is 3.84. The molecular weight excluding hydrogens is 310 g/mol. The molecule has 8 nitrogen and oxygen atoms in total. The number of rotatable bonds is 5. The summed E-state index contributed by atoms with van der Waals surface area (Å²) < 4.78 is 1.66. The summed E-state index contributed by atoms with van der Waals surface area (Å²) in [6.45, 7) is 0.0575. The fraction of sp³-hybridized carbons (Fsp3) is 0.312. The van der Waals surface area contributed by atoms with E-state index in [9.17, 15) is 9.59 Å². The van der Waals surface area contributed by atoms with Crippen molar-refractivity contribution in [2.45, 2.75) is 12.5 Å². The van der Waals surface area contributed by atoms with Gasteiger partial charge in [0.2, 0.25) is 11.8 Å². The van der Waals surface area contributed by atoms with Gasteiger partial charge in [-0.05, 0) is 24.6 Å². The van der Waals surface area contributed by atoms with E-state index in [1.54, 1.807) is 34.0 Å². The Hall–Kier alpha value is -2.87. The molecule has 1 aliphatic rings. The number of anilines is 3. The molecule has 0 bridgehead atoms. The van der Waals surface area contributed by atoms with Crippen LogP contribution in [0.3, 0.4) is 0 Å². The van der Waals surface area contributed by atoms with Crippen LogP contribution in [-0.4, -0.2) is 45.9 Å². The topological polar surface area (TPSA) is 99.5 Å². The Bertz CT molecular complexity index is 758. The number of carbonyl (C=O) groups is 2. The van der Waals surface area contributed by atoms with Crippen molar-refractivity contribution < 1.29 is 14.7 Å². The molecule has 0 saturated carbocycles. The summed E-state index contributed by atoms with van der Waals surface area (Å²) in [5.74, 6) is -0.486. The Morgan fingerprint density at radius 3 is 2.92 bits per heavy atom. The molecule has 1 aliphatic heterocycles. The van der Waals surface area contributed by atoms with Crippen LogP contribution in [0.4, 0.5) is 17.1 Å². The second kappa shape index (κ2) is 6.71. The van der Waals surface area contributed by atoms with Gasteiger partial charge in [-0.15, -0.1) is 0 Å². The lowest BCUT2D eigenvalue weighted by molar-refractivity contribution is -0.119. The van der Waals surface area contributed by atoms with Crippen molar-refractivity contribution in [1.82, 2.24) is 9.78 Å². The number of benzene rings is 1. The van der Waals surface area contributed by atoms with Gasteiger partial charge in [0.25, 0.3) is 0 Å². The first-order chi connectivity index (χ1) is 11.6. The predicted molar refractivity (Wildman–Crippen MR) is 89.7 cm³/mol. The molecule has 2 heterocycles. The average Bonchev–Trinajstić information content (AvgIpc) is 3.14. The maximum absolute atomic E-state index is 12.6. The maximum Gasteiger partial charge on any atom is 0.250 e. The van der Waals surface area contributed by atoms with Gasteiger partial charge in [-0.3, -0.25) is 14.3 Å². The first-order valence-electron chi connectivity index (χ1n) is 7.64. The highest BCUT2D eigenvalue weighted by Gasteiger charge is 2.33. The largest absolute Gasteiger partial charge is 0.387 e. The number of aryl methyl sites for hydroxylation is 1. The smallest absolute Gasteiger partial charge is 0.250 e. The molecule has 1 aromatic heterocycles. The highest BCUT2D eigenvalue weighted by molar-refractivity contribution is 6.01. The minimum atomic E-state index is -0.571. The van der Waals surface area contributed by atoms with Gasteiger partial charge in [0.1, 0.15) is 12.6 Å². The Morgan fingerprint density at radius 2 is 2.21 bits per heavy atom. The van der Waals surface area contributed by atoms with Crippen molar-refractivity contribution in [3.05, 3.63) is 36.7 Å². The van der Waals surface area contributed by atoms with E-state index >= 15 is 0 Å². The lowest BCUT2D eigenvalue weighted by atomic mass is 10.2. The molecule has 0 spiro atoms. The van der Waals surface area contributed by atoms with Crippen molar-refractivity contribution in [2.24, 2.45) is 7.05 Å². The number of nitrogens with one attached hydrogen (secondary N) is 2. The van der Waals surface area contributed by atoms with Crippen LogP contribution in [-0.2, 0) is 16.6 Å². The molecule has 8 heteroatoms. The summed E-state index contributed by atoms with van der Waals surface area (Å²) in [4.78, 5) is 25.5. The van der Waals surface area contributed by atoms with Gasteiger partial charge < -0.3 is 20.6 Å². The number of carbonyl (C=O) groups excluding carboxylic acids is 2. The average molecular weight is 329 g/mol. The number of amides is 2. The zero-order chi connectivity index (χ0) is 17.1. The summed E-state index contributed by atoms with van der Waals surface area (Å²) in [6, 6.07) is 6.72. The lowest BCUT2D eigenvalue weighted by Crippen LogP contribution is -2.33. The second-order valence-corrected chi connectivity index (χ2v) is 5.63. The number of hydrogen-bond acceptors (Lipinski definition) is 5. The van der Waals surface area contributed by atoms with E-state index in [0.717, 1.165) is 11.4 Å². The third-order valence-electron chi connectivity index (χ3n) is 3.84. The van der Waals surface area contributed by atoms with Crippen LogP contribution in [0, 0.1) is 0 Å². The van der Waals surface area contributed by atoms with Crippen LogP contribution in [0.15, 0.2) is 36.7 Å². The van der Waals surface area contributed by atoms with Crippen LogP contribution < -0.4 is 15.5 Å². The molecule has 1 fully saturated rings. The first-order valence-corrected chi connectivity index (χ1v) is 7.64. The molecule has 2 aromatic rings. The SMILES string of the molecule is Cn1cc(N2CCC(Nc3cccc(NC(=O)CO)c3)C2=O)cn1. The van der Waals surface area contributed by atoms with Gasteiger partial charge >= 0.3 is 0 Å². The van der Waals surface area contributed by atoms with Gasteiger partial charge in [-0.1, -0.05) is 6.07 Å². The molecule has 0 radical (unpaired) electrons. The van der Waals surface area contributed by atoms with Crippen molar-refractivity contribution in [2.75, 3.05) is 28.7 Å². The molecule has 0 aliphatic carbocycles. The molecule has 1 saturated heterocycles. The van der Waals surface area contributed by atoms with Gasteiger partial charge in [0.05, 0.1) is 11.9 Å². The van der Waals surface area contributed by atoms with Gasteiger partial charge in [-0.25, -0.2) is 0 Å². The summed E-state index contributed by atoms with van der Waals surface area (Å²) in [7, 11) is 1.81. The van der Waals surface area contributed by atoms with Gasteiger partial charge in [0, 0.05) is 31.2 Å². The van der Waals surface area contributed by atoms with Crippen molar-refractivity contribution in [1.29, 1.82) is 0 Å². The fourth-order valence-corrected chi connectivity index (χ4v) is 2.71. The molecule has 126 valence electrons. The molecule has 1 aromatic carbocycles. The Morgan fingerprint density at radius 1 is 1.42 bits per heavy atom. The van der Waals surface area contributed by atoms with E-state index in [1.165, 1.54) is 0 Å². The van der Waals surface area contributed by atoms with Crippen LogP contribution in [0.5, 0.6) is 0 Å². The summed E-state index contributed by atoms with van der Waals surface area (Å²) in [6.07, 6.45) is 4.16. The normalized spacial score (nSPS) is 17.2. The lowest BCUT2D eigenvalue weighted by Gasteiger charge is -2.16. The zero-order valence-electron chi connectivity index (χ0n) is 13.3. The van der Waals surface area contributed by atoms with Crippen molar-refractivity contribution >= 4 is 28.9 Å². The molecule has 1 unspecified atom stereocenters. The van der Waals surface area contributed by atoms with Crippen LogP contribution in [0.25, 0.3) is 0 Å². The summed E-state index contributed by atoms with van der Waals surface area (Å²) >= 11 is 0. The quantitative estimate of drug-likeness (QED) is 0.745. The van der Waals surface area contributed by atoms with E-state index in [4.69, 9.17) is 5.11 Å². The highest BCUT2D eigenvalue weighted by atomic mass is 16.3. The van der Waals surface area contributed by atoms with E-state index in [2.05, 4.69) is 15.7 Å². The van der Waals surface area contributed by atoms with E-state index in [0.29, 0.717) is 18.7 Å². The number of nitrogens with zero attached hydrogens (tertiary/aromatic N) is 3.